The summed E-state index contributed by atoms with van der Waals surface area (Å²) in [5.74, 6) is 1.27. The quantitative estimate of drug-likeness (QED) is 0.628. The van der Waals surface area contributed by atoms with Crippen molar-refractivity contribution in [3.05, 3.63) is 47.8 Å². The van der Waals surface area contributed by atoms with Crippen molar-refractivity contribution in [3.8, 4) is 0 Å². The molecule has 23 heavy (non-hydrogen) atoms. The van der Waals surface area contributed by atoms with Crippen LogP contribution in [0.5, 0.6) is 0 Å². The Morgan fingerprint density at radius 2 is 2.35 bits per heavy atom. The summed E-state index contributed by atoms with van der Waals surface area (Å²) >= 11 is 1.65. The van der Waals surface area contributed by atoms with Crippen LogP contribution in [0.4, 0.5) is 0 Å². The molecule has 1 fully saturated rings. The second-order valence-corrected chi connectivity index (χ2v) is 6.76. The van der Waals surface area contributed by atoms with Crippen molar-refractivity contribution in [3.63, 3.8) is 0 Å². The van der Waals surface area contributed by atoms with Gasteiger partial charge < -0.3 is 15.2 Å². The Morgan fingerprint density at radius 3 is 3.09 bits per heavy atom. The SMILES string of the molecule is Cn1ccnc1SCCNC(=O)c1ccccc1[C@H]1CCNC1. The lowest BCUT2D eigenvalue weighted by Crippen LogP contribution is -2.27. The smallest absolute Gasteiger partial charge is 0.251 e. The van der Waals surface area contributed by atoms with E-state index in [1.807, 2.05) is 36.0 Å². The fourth-order valence-corrected chi connectivity index (χ4v) is 3.66. The van der Waals surface area contributed by atoms with Gasteiger partial charge >= 0.3 is 0 Å². The van der Waals surface area contributed by atoms with Crippen molar-refractivity contribution in [2.75, 3.05) is 25.4 Å². The number of nitrogens with one attached hydrogen (secondary N) is 2. The molecular weight excluding hydrogens is 308 g/mol. The first kappa shape index (κ1) is 16.1. The minimum Gasteiger partial charge on any atom is -0.351 e. The van der Waals surface area contributed by atoms with Crippen LogP contribution in [0.15, 0.2) is 41.8 Å². The molecule has 6 heteroatoms. The first-order valence-corrected chi connectivity index (χ1v) is 8.92. The predicted molar refractivity (Wildman–Crippen MR) is 92.9 cm³/mol. The van der Waals surface area contributed by atoms with Crippen molar-refractivity contribution < 1.29 is 4.79 Å². The summed E-state index contributed by atoms with van der Waals surface area (Å²) in [6, 6.07) is 7.95. The number of thioether (sulfide) groups is 1. The third-order valence-electron chi connectivity index (χ3n) is 4.10. The van der Waals surface area contributed by atoms with Gasteiger partial charge in [-0.05, 0) is 30.5 Å². The zero-order valence-electron chi connectivity index (χ0n) is 13.3. The summed E-state index contributed by atoms with van der Waals surface area (Å²) in [7, 11) is 1.97. The van der Waals surface area contributed by atoms with Gasteiger partial charge in [-0.3, -0.25) is 4.79 Å². The molecule has 1 aliphatic rings. The fraction of sp³-hybridized carbons (Fsp3) is 0.412. The minimum atomic E-state index is 0.0212. The van der Waals surface area contributed by atoms with Crippen LogP contribution < -0.4 is 10.6 Å². The molecule has 0 aliphatic carbocycles. The van der Waals surface area contributed by atoms with E-state index in [1.165, 1.54) is 0 Å². The van der Waals surface area contributed by atoms with E-state index in [2.05, 4.69) is 21.7 Å². The minimum absolute atomic E-state index is 0.0212. The van der Waals surface area contributed by atoms with Gasteiger partial charge in [0.05, 0.1) is 0 Å². The van der Waals surface area contributed by atoms with Gasteiger partial charge in [0, 0.05) is 43.8 Å². The Labute approximate surface area is 140 Å². The Kier molecular flexibility index (Phi) is 5.35. The van der Waals surface area contributed by atoms with Crippen molar-refractivity contribution in [1.29, 1.82) is 0 Å². The average Bonchev–Trinajstić information content (AvgIpc) is 3.23. The van der Waals surface area contributed by atoms with E-state index in [1.54, 1.807) is 18.0 Å². The fourth-order valence-electron chi connectivity index (χ4n) is 2.87. The van der Waals surface area contributed by atoms with E-state index in [-0.39, 0.29) is 5.91 Å². The summed E-state index contributed by atoms with van der Waals surface area (Å²) in [6.07, 6.45) is 4.80. The maximum absolute atomic E-state index is 12.5. The monoisotopic (exact) mass is 330 g/mol. The lowest BCUT2D eigenvalue weighted by atomic mass is 9.93. The third kappa shape index (κ3) is 3.95. The van der Waals surface area contributed by atoms with Gasteiger partial charge in [0.25, 0.3) is 5.91 Å². The number of carbonyl (C=O) groups is 1. The number of carbonyl (C=O) groups excluding carboxylic acids is 1. The Hall–Kier alpha value is -1.79. The number of amides is 1. The summed E-state index contributed by atoms with van der Waals surface area (Å²) < 4.78 is 1.98. The molecule has 1 aliphatic heterocycles. The largest absolute Gasteiger partial charge is 0.351 e. The highest BCUT2D eigenvalue weighted by Gasteiger charge is 2.21. The molecule has 1 aromatic heterocycles. The Morgan fingerprint density at radius 1 is 1.48 bits per heavy atom. The average molecular weight is 330 g/mol. The molecule has 0 bridgehead atoms. The van der Waals surface area contributed by atoms with Crippen LogP contribution in [-0.2, 0) is 7.05 Å². The third-order valence-corrected chi connectivity index (χ3v) is 5.16. The number of nitrogens with zero attached hydrogens (tertiary/aromatic N) is 2. The van der Waals surface area contributed by atoms with Gasteiger partial charge in [-0.15, -0.1) is 0 Å². The number of benzene rings is 1. The lowest BCUT2D eigenvalue weighted by Gasteiger charge is -2.14. The molecular formula is C17H22N4OS. The molecule has 2 heterocycles. The first-order valence-electron chi connectivity index (χ1n) is 7.93. The topological polar surface area (TPSA) is 59.0 Å². The lowest BCUT2D eigenvalue weighted by molar-refractivity contribution is 0.0955. The van der Waals surface area contributed by atoms with Gasteiger partial charge in [-0.2, -0.15) is 0 Å². The van der Waals surface area contributed by atoms with Gasteiger partial charge in [-0.1, -0.05) is 30.0 Å². The van der Waals surface area contributed by atoms with Crippen LogP contribution in [0.1, 0.15) is 28.3 Å². The molecule has 2 N–H and O–H groups in total. The summed E-state index contributed by atoms with van der Waals surface area (Å²) in [4.78, 5) is 16.8. The predicted octanol–water partition coefficient (Wildman–Crippen LogP) is 2.02. The molecule has 1 saturated heterocycles. The van der Waals surface area contributed by atoms with Crippen LogP contribution in [-0.4, -0.2) is 40.8 Å². The molecule has 1 atom stereocenters. The van der Waals surface area contributed by atoms with E-state index in [0.29, 0.717) is 12.5 Å². The molecule has 5 nitrogen and oxygen atoms in total. The normalized spacial score (nSPS) is 17.3. The van der Waals surface area contributed by atoms with Crippen LogP contribution >= 0.6 is 11.8 Å². The molecule has 0 radical (unpaired) electrons. The molecule has 2 aromatic rings. The number of aromatic nitrogens is 2. The molecule has 122 valence electrons. The van der Waals surface area contributed by atoms with Crippen molar-refractivity contribution in [2.45, 2.75) is 17.5 Å². The van der Waals surface area contributed by atoms with Crippen LogP contribution in [0.25, 0.3) is 0 Å². The zero-order chi connectivity index (χ0) is 16.1. The number of rotatable bonds is 6. The van der Waals surface area contributed by atoms with Crippen molar-refractivity contribution >= 4 is 17.7 Å². The van der Waals surface area contributed by atoms with Crippen molar-refractivity contribution in [1.82, 2.24) is 20.2 Å². The van der Waals surface area contributed by atoms with Gasteiger partial charge in [0.15, 0.2) is 5.16 Å². The highest BCUT2D eigenvalue weighted by molar-refractivity contribution is 7.99. The molecule has 0 saturated carbocycles. The molecule has 0 spiro atoms. The maximum atomic E-state index is 12.5. The van der Waals surface area contributed by atoms with Gasteiger partial charge in [-0.25, -0.2) is 4.98 Å². The molecule has 1 amide bonds. The summed E-state index contributed by atoms with van der Waals surface area (Å²) in [5, 5.41) is 7.36. The highest BCUT2D eigenvalue weighted by atomic mass is 32.2. The number of aryl methyl sites for hydroxylation is 1. The van der Waals surface area contributed by atoms with E-state index in [0.717, 1.165) is 41.5 Å². The van der Waals surface area contributed by atoms with Crippen LogP contribution in [0, 0.1) is 0 Å². The van der Waals surface area contributed by atoms with E-state index < -0.39 is 0 Å². The van der Waals surface area contributed by atoms with Crippen LogP contribution in [0.3, 0.4) is 0 Å². The first-order chi connectivity index (χ1) is 11.3. The van der Waals surface area contributed by atoms with Crippen LogP contribution in [0.2, 0.25) is 0 Å². The summed E-state index contributed by atoms with van der Waals surface area (Å²) in [6.45, 7) is 2.62. The highest BCUT2D eigenvalue weighted by Crippen LogP contribution is 2.25. The second kappa shape index (κ2) is 7.66. The van der Waals surface area contributed by atoms with E-state index in [4.69, 9.17) is 0 Å². The standard InChI is InChI=1S/C17H22N4OS/c1-21-10-8-20-17(21)23-11-9-19-16(22)15-5-3-2-4-14(15)13-6-7-18-12-13/h2-5,8,10,13,18H,6-7,9,11-12H2,1H3,(H,19,22)/t13-/m0/s1. The van der Waals surface area contributed by atoms with E-state index in [9.17, 15) is 4.79 Å². The number of hydrogen-bond donors (Lipinski definition) is 2. The zero-order valence-corrected chi connectivity index (χ0v) is 14.1. The number of hydrogen-bond acceptors (Lipinski definition) is 4. The number of imidazole rings is 1. The maximum Gasteiger partial charge on any atom is 0.251 e. The Bertz CT molecular complexity index is 664. The molecule has 3 rings (SSSR count). The molecule has 1 aromatic carbocycles. The van der Waals surface area contributed by atoms with Gasteiger partial charge in [0.1, 0.15) is 0 Å². The second-order valence-electron chi connectivity index (χ2n) is 5.70. The Balaban J connectivity index is 1.55. The molecule has 0 unspecified atom stereocenters. The van der Waals surface area contributed by atoms with Crippen molar-refractivity contribution in [2.24, 2.45) is 7.05 Å². The van der Waals surface area contributed by atoms with Gasteiger partial charge in [0.2, 0.25) is 0 Å². The summed E-state index contributed by atoms with van der Waals surface area (Å²) in [5.41, 5.74) is 1.97. The van der Waals surface area contributed by atoms with E-state index >= 15 is 0 Å².